The van der Waals surface area contributed by atoms with E-state index in [1.807, 2.05) is 0 Å². The van der Waals surface area contributed by atoms with E-state index < -0.39 is 17.6 Å². The Morgan fingerprint density at radius 2 is 1.87 bits per heavy atom. The van der Waals surface area contributed by atoms with E-state index in [0.717, 1.165) is 0 Å². The molecule has 3 rings (SSSR count). The zero-order chi connectivity index (χ0) is 21.8. The molecule has 8 nitrogen and oxygen atoms in total. The fourth-order valence-corrected chi connectivity index (χ4v) is 3.70. The average molecular weight is 436 g/mol. The highest BCUT2D eigenvalue weighted by Gasteiger charge is 2.29. The Balaban J connectivity index is 1.54. The molecule has 10 heteroatoms. The molecule has 0 aliphatic heterocycles. The molecular formula is C20H23ClFN5O3. The Morgan fingerprint density at radius 3 is 2.53 bits per heavy atom. The lowest BCUT2D eigenvalue weighted by atomic mass is 9.85. The molecular weight excluding hydrogens is 413 g/mol. The Morgan fingerprint density at radius 1 is 1.17 bits per heavy atom. The minimum absolute atomic E-state index is 0.0375. The van der Waals surface area contributed by atoms with Gasteiger partial charge in [-0.05, 0) is 50.3 Å². The SMILES string of the molecule is CNC(=O)c1[nH]cnc1C(=O)NC1CCC(C(=O)Nc2cc(C)c(F)cc2Cl)CC1. The number of H-pyrrole nitrogens is 1. The van der Waals surface area contributed by atoms with Gasteiger partial charge < -0.3 is 20.9 Å². The third kappa shape index (κ3) is 4.79. The van der Waals surface area contributed by atoms with Gasteiger partial charge in [0.25, 0.3) is 11.8 Å². The second-order valence-corrected chi connectivity index (χ2v) is 7.70. The number of nitrogens with one attached hydrogen (secondary N) is 4. The summed E-state index contributed by atoms with van der Waals surface area (Å²) in [5.74, 6) is -1.69. The van der Waals surface area contributed by atoms with Crippen LogP contribution < -0.4 is 16.0 Å². The summed E-state index contributed by atoms with van der Waals surface area (Å²) in [6.45, 7) is 1.60. The molecule has 0 atom stereocenters. The first-order chi connectivity index (χ1) is 14.3. The number of amides is 3. The maximum absolute atomic E-state index is 13.5. The van der Waals surface area contributed by atoms with Crippen LogP contribution in [0.25, 0.3) is 0 Å². The standard InChI is InChI=1S/C20H23ClFN5O3/c1-10-7-15(13(21)8-14(10)22)27-18(28)11-3-5-12(6-4-11)26-20(30)17-16(19(29)23-2)24-9-25-17/h7-9,11-12H,3-6H2,1-2H3,(H,23,29)(H,24,25)(H,26,30)(H,27,28). The number of aryl methyl sites for hydroxylation is 1. The molecule has 1 fully saturated rings. The van der Waals surface area contributed by atoms with Gasteiger partial charge in [-0.1, -0.05) is 11.6 Å². The van der Waals surface area contributed by atoms with Crippen molar-refractivity contribution in [3.63, 3.8) is 0 Å². The van der Waals surface area contributed by atoms with Crippen molar-refractivity contribution >= 4 is 35.0 Å². The summed E-state index contributed by atoms with van der Waals surface area (Å²) in [7, 11) is 1.47. The maximum atomic E-state index is 13.5. The van der Waals surface area contributed by atoms with Crippen molar-refractivity contribution in [2.75, 3.05) is 12.4 Å². The van der Waals surface area contributed by atoms with Crippen LogP contribution in [0.3, 0.4) is 0 Å². The molecule has 1 aliphatic carbocycles. The lowest BCUT2D eigenvalue weighted by molar-refractivity contribution is -0.120. The van der Waals surface area contributed by atoms with E-state index in [4.69, 9.17) is 11.6 Å². The van der Waals surface area contributed by atoms with Crippen LogP contribution >= 0.6 is 11.6 Å². The predicted octanol–water partition coefficient (Wildman–Crippen LogP) is 2.80. The molecule has 30 heavy (non-hydrogen) atoms. The van der Waals surface area contributed by atoms with Crippen LogP contribution in [0.4, 0.5) is 10.1 Å². The molecule has 1 aromatic carbocycles. The average Bonchev–Trinajstić information content (AvgIpc) is 3.22. The molecule has 0 saturated heterocycles. The van der Waals surface area contributed by atoms with Crippen LogP contribution in [0.15, 0.2) is 18.5 Å². The van der Waals surface area contributed by atoms with E-state index in [9.17, 15) is 18.8 Å². The summed E-state index contributed by atoms with van der Waals surface area (Å²) >= 11 is 6.02. The fraction of sp³-hybridized carbons (Fsp3) is 0.400. The van der Waals surface area contributed by atoms with Gasteiger partial charge in [-0.15, -0.1) is 0 Å². The Labute approximate surface area is 178 Å². The molecule has 1 heterocycles. The van der Waals surface area contributed by atoms with Crippen LogP contribution in [0.2, 0.25) is 5.02 Å². The number of nitrogens with zero attached hydrogens (tertiary/aromatic N) is 1. The normalized spacial score (nSPS) is 18.5. The van der Waals surface area contributed by atoms with E-state index in [1.165, 1.54) is 25.5 Å². The monoisotopic (exact) mass is 435 g/mol. The van der Waals surface area contributed by atoms with E-state index >= 15 is 0 Å². The second kappa shape index (κ2) is 9.25. The number of carbonyl (C=O) groups excluding carboxylic acids is 3. The highest BCUT2D eigenvalue weighted by atomic mass is 35.5. The number of anilines is 1. The van der Waals surface area contributed by atoms with Crippen molar-refractivity contribution in [1.29, 1.82) is 0 Å². The van der Waals surface area contributed by atoms with Gasteiger partial charge in [-0.3, -0.25) is 14.4 Å². The second-order valence-electron chi connectivity index (χ2n) is 7.30. The van der Waals surface area contributed by atoms with Crippen molar-refractivity contribution in [2.24, 2.45) is 5.92 Å². The quantitative estimate of drug-likeness (QED) is 0.577. The molecule has 1 saturated carbocycles. The van der Waals surface area contributed by atoms with Gasteiger partial charge in [0, 0.05) is 19.0 Å². The summed E-state index contributed by atoms with van der Waals surface area (Å²) in [6, 6.07) is 2.57. The van der Waals surface area contributed by atoms with Crippen LogP contribution in [0.1, 0.15) is 52.2 Å². The van der Waals surface area contributed by atoms with Gasteiger partial charge in [0.2, 0.25) is 5.91 Å². The van der Waals surface area contributed by atoms with Crippen molar-refractivity contribution in [2.45, 2.75) is 38.6 Å². The first-order valence-electron chi connectivity index (χ1n) is 9.63. The molecule has 1 aromatic heterocycles. The summed E-state index contributed by atoms with van der Waals surface area (Å²) in [5, 5.41) is 8.25. The third-order valence-electron chi connectivity index (χ3n) is 5.25. The van der Waals surface area contributed by atoms with Crippen molar-refractivity contribution in [1.82, 2.24) is 20.6 Å². The van der Waals surface area contributed by atoms with E-state index in [-0.39, 0.29) is 34.3 Å². The van der Waals surface area contributed by atoms with Crippen molar-refractivity contribution < 1.29 is 18.8 Å². The minimum Gasteiger partial charge on any atom is -0.354 e. The van der Waals surface area contributed by atoms with Gasteiger partial charge in [-0.2, -0.15) is 0 Å². The summed E-state index contributed by atoms with van der Waals surface area (Å²) < 4.78 is 13.5. The maximum Gasteiger partial charge on any atom is 0.272 e. The number of imidazole rings is 1. The summed E-state index contributed by atoms with van der Waals surface area (Å²) in [5.41, 5.74) is 0.928. The van der Waals surface area contributed by atoms with Gasteiger partial charge >= 0.3 is 0 Å². The molecule has 2 aromatic rings. The zero-order valence-corrected chi connectivity index (χ0v) is 17.4. The molecule has 1 aliphatic rings. The molecule has 4 N–H and O–H groups in total. The Hall–Kier alpha value is -2.94. The smallest absolute Gasteiger partial charge is 0.272 e. The van der Waals surface area contributed by atoms with E-state index in [0.29, 0.717) is 36.9 Å². The van der Waals surface area contributed by atoms with Gasteiger partial charge in [0.15, 0.2) is 5.69 Å². The first kappa shape index (κ1) is 21.8. The number of rotatable bonds is 5. The number of aromatic amines is 1. The lowest BCUT2D eigenvalue weighted by Crippen LogP contribution is -2.40. The molecule has 160 valence electrons. The third-order valence-corrected chi connectivity index (χ3v) is 5.56. The van der Waals surface area contributed by atoms with E-state index in [2.05, 4.69) is 25.9 Å². The Kier molecular flexibility index (Phi) is 6.71. The van der Waals surface area contributed by atoms with Gasteiger partial charge in [0.05, 0.1) is 17.0 Å². The first-order valence-corrected chi connectivity index (χ1v) is 10.0. The number of halogens is 2. The zero-order valence-electron chi connectivity index (χ0n) is 16.6. The number of hydrogen-bond donors (Lipinski definition) is 4. The summed E-state index contributed by atoms with van der Waals surface area (Å²) in [4.78, 5) is 43.4. The van der Waals surface area contributed by atoms with E-state index in [1.54, 1.807) is 6.92 Å². The van der Waals surface area contributed by atoms with Crippen LogP contribution in [0.5, 0.6) is 0 Å². The van der Waals surface area contributed by atoms with Crippen molar-refractivity contribution in [3.8, 4) is 0 Å². The highest BCUT2D eigenvalue weighted by Crippen LogP contribution is 2.29. The number of carbonyl (C=O) groups is 3. The van der Waals surface area contributed by atoms with Crippen LogP contribution in [-0.4, -0.2) is 40.8 Å². The molecule has 0 unspecified atom stereocenters. The summed E-state index contributed by atoms with van der Waals surface area (Å²) in [6.07, 6.45) is 3.68. The molecule has 3 amide bonds. The van der Waals surface area contributed by atoms with Crippen LogP contribution in [0, 0.1) is 18.7 Å². The number of aromatic nitrogens is 2. The van der Waals surface area contributed by atoms with Gasteiger partial charge in [0.1, 0.15) is 11.5 Å². The lowest BCUT2D eigenvalue weighted by Gasteiger charge is -2.28. The molecule has 0 spiro atoms. The van der Waals surface area contributed by atoms with Crippen LogP contribution in [-0.2, 0) is 4.79 Å². The van der Waals surface area contributed by atoms with Crippen molar-refractivity contribution in [3.05, 3.63) is 46.3 Å². The minimum atomic E-state index is -0.434. The Bertz CT molecular complexity index is 969. The number of benzene rings is 1. The predicted molar refractivity (Wildman–Crippen MR) is 110 cm³/mol. The largest absolute Gasteiger partial charge is 0.354 e. The highest BCUT2D eigenvalue weighted by molar-refractivity contribution is 6.33. The topological polar surface area (TPSA) is 116 Å². The molecule has 0 bridgehead atoms. The fourth-order valence-electron chi connectivity index (χ4n) is 3.51. The number of hydrogen-bond acceptors (Lipinski definition) is 4. The van der Waals surface area contributed by atoms with Gasteiger partial charge in [-0.25, -0.2) is 9.37 Å². The molecule has 0 radical (unpaired) electrons.